The van der Waals surface area contributed by atoms with E-state index in [0.717, 1.165) is 32.1 Å². The maximum absolute atomic E-state index is 14.2. The number of aliphatic hydroxyl groups excluding tert-OH is 1. The molecule has 2 saturated heterocycles. The molecule has 0 bridgehead atoms. The summed E-state index contributed by atoms with van der Waals surface area (Å²) in [7, 11) is 0. The third kappa shape index (κ3) is 4.35. The standard InChI is InChI=1S/C27H41N3O4S/c1-5-14-28-15-10-12-26(4)20(23(28)32)21-24(33)30(16-8-6-7-9-18-31)22-25(34)29(19(2)3)17-11-13-27(21,22)35-26/h10-13,19-22,31H,5-9,14-18H2,1-4H3/t20-,21+,22?,26+,27+/m1/s1. The fourth-order valence-corrected chi connectivity index (χ4v) is 8.67. The zero-order valence-electron chi connectivity index (χ0n) is 21.6. The van der Waals surface area contributed by atoms with E-state index in [0.29, 0.717) is 26.2 Å². The number of thioether (sulfide) groups is 1. The van der Waals surface area contributed by atoms with E-state index in [1.54, 1.807) is 16.7 Å². The van der Waals surface area contributed by atoms with Gasteiger partial charge in [0.2, 0.25) is 17.7 Å². The summed E-state index contributed by atoms with van der Waals surface area (Å²) in [6.07, 6.45) is 12.5. The van der Waals surface area contributed by atoms with Gasteiger partial charge in [-0.2, -0.15) is 0 Å². The molecule has 35 heavy (non-hydrogen) atoms. The van der Waals surface area contributed by atoms with Crippen LogP contribution in [-0.4, -0.2) is 91.9 Å². The van der Waals surface area contributed by atoms with Crippen LogP contribution in [0.5, 0.6) is 0 Å². The molecule has 7 nitrogen and oxygen atoms in total. The number of aliphatic hydroxyl groups is 1. The molecule has 5 atom stereocenters. The van der Waals surface area contributed by atoms with Crippen molar-refractivity contribution in [2.24, 2.45) is 11.8 Å². The van der Waals surface area contributed by atoms with Crippen LogP contribution >= 0.6 is 11.8 Å². The van der Waals surface area contributed by atoms with Gasteiger partial charge in [-0.3, -0.25) is 14.4 Å². The van der Waals surface area contributed by atoms with Crippen molar-refractivity contribution in [3.8, 4) is 0 Å². The Balaban J connectivity index is 1.75. The van der Waals surface area contributed by atoms with Gasteiger partial charge in [-0.1, -0.05) is 44.1 Å². The van der Waals surface area contributed by atoms with Gasteiger partial charge in [-0.05, 0) is 40.0 Å². The predicted octanol–water partition coefficient (Wildman–Crippen LogP) is 2.84. The Hall–Kier alpha value is -1.80. The molecule has 4 heterocycles. The molecule has 8 heteroatoms. The van der Waals surface area contributed by atoms with E-state index in [9.17, 15) is 14.4 Å². The summed E-state index contributed by atoms with van der Waals surface area (Å²) < 4.78 is -1.29. The number of carbonyl (C=O) groups excluding carboxylic acids is 3. The Morgan fingerprint density at radius 1 is 0.971 bits per heavy atom. The monoisotopic (exact) mass is 503 g/mol. The summed E-state index contributed by atoms with van der Waals surface area (Å²) in [6, 6.07) is -0.578. The van der Waals surface area contributed by atoms with Crippen molar-refractivity contribution in [2.75, 3.05) is 32.8 Å². The topological polar surface area (TPSA) is 81.2 Å². The molecule has 0 aromatic rings. The molecule has 4 aliphatic heterocycles. The minimum atomic E-state index is -0.752. The first-order chi connectivity index (χ1) is 16.7. The lowest BCUT2D eigenvalue weighted by molar-refractivity contribution is -0.145. The Kier molecular flexibility index (Phi) is 7.72. The first-order valence-corrected chi connectivity index (χ1v) is 14.1. The Bertz CT molecular complexity index is 905. The fraction of sp³-hybridized carbons (Fsp3) is 0.741. The van der Waals surface area contributed by atoms with Gasteiger partial charge >= 0.3 is 0 Å². The molecule has 194 valence electrons. The van der Waals surface area contributed by atoms with E-state index >= 15 is 0 Å². The summed E-state index contributed by atoms with van der Waals surface area (Å²) in [4.78, 5) is 47.7. The summed E-state index contributed by atoms with van der Waals surface area (Å²) in [5.41, 5.74) is 0. The van der Waals surface area contributed by atoms with Crippen LogP contribution < -0.4 is 0 Å². The van der Waals surface area contributed by atoms with E-state index in [2.05, 4.69) is 32.1 Å². The highest BCUT2D eigenvalue weighted by atomic mass is 32.2. The molecule has 2 fully saturated rings. The lowest BCUT2D eigenvalue weighted by atomic mass is 9.74. The van der Waals surface area contributed by atoms with Crippen LogP contribution in [0, 0.1) is 11.8 Å². The second-order valence-corrected chi connectivity index (χ2v) is 12.6. The summed E-state index contributed by atoms with van der Waals surface area (Å²) in [5, 5.41) is 9.10. The summed E-state index contributed by atoms with van der Waals surface area (Å²) in [5.74, 6) is -1.07. The number of hydrogen-bond acceptors (Lipinski definition) is 5. The highest BCUT2D eigenvalue weighted by Gasteiger charge is 2.73. The van der Waals surface area contributed by atoms with E-state index < -0.39 is 27.4 Å². The second-order valence-electron chi connectivity index (χ2n) is 10.8. The minimum Gasteiger partial charge on any atom is -0.396 e. The van der Waals surface area contributed by atoms with Gasteiger partial charge < -0.3 is 19.8 Å². The molecule has 0 radical (unpaired) electrons. The van der Waals surface area contributed by atoms with Crippen LogP contribution in [0.4, 0.5) is 0 Å². The first-order valence-electron chi connectivity index (χ1n) is 13.3. The number of likely N-dealkylation sites (tertiary alicyclic amines) is 1. The lowest BCUT2D eigenvalue weighted by Gasteiger charge is -2.37. The Morgan fingerprint density at radius 2 is 1.69 bits per heavy atom. The zero-order valence-corrected chi connectivity index (χ0v) is 22.4. The van der Waals surface area contributed by atoms with Crippen LogP contribution in [0.15, 0.2) is 24.3 Å². The molecule has 0 aromatic carbocycles. The van der Waals surface area contributed by atoms with E-state index in [4.69, 9.17) is 5.11 Å². The normalized spacial score (nSPS) is 34.4. The van der Waals surface area contributed by atoms with E-state index in [-0.39, 0.29) is 30.4 Å². The zero-order chi connectivity index (χ0) is 25.4. The highest BCUT2D eigenvalue weighted by molar-refractivity contribution is 8.02. The van der Waals surface area contributed by atoms with Crippen molar-refractivity contribution in [2.45, 2.75) is 81.4 Å². The van der Waals surface area contributed by atoms with Crippen molar-refractivity contribution in [3.63, 3.8) is 0 Å². The Labute approximate surface area is 214 Å². The third-order valence-electron chi connectivity index (χ3n) is 8.10. The van der Waals surface area contributed by atoms with Gasteiger partial charge in [0.1, 0.15) is 6.04 Å². The number of fused-ring (bicyclic) bond motifs is 2. The molecular weight excluding hydrogens is 462 g/mol. The predicted molar refractivity (Wildman–Crippen MR) is 139 cm³/mol. The SMILES string of the molecule is CCCN1CC=C[C@]2(C)S[C@]34C=CCN(C(C)C)C(=O)C3N(CCCCCCO)C(=O)[C@@H]4[C@@H]2C1=O. The van der Waals surface area contributed by atoms with Crippen molar-refractivity contribution < 1.29 is 19.5 Å². The minimum absolute atomic E-state index is 0.00869. The van der Waals surface area contributed by atoms with Crippen molar-refractivity contribution in [3.05, 3.63) is 24.3 Å². The molecule has 0 aliphatic carbocycles. The van der Waals surface area contributed by atoms with Gasteiger partial charge in [0.05, 0.1) is 16.6 Å². The van der Waals surface area contributed by atoms with Gasteiger partial charge in [-0.25, -0.2) is 0 Å². The van der Waals surface area contributed by atoms with Crippen LogP contribution in [0.25, 0.3) is 0 Å². The molecular formula is C27H41N3O4S. The number of hydrogen-bond donors (Lipinski definition) is 1. The highest BCUT2D eigenvalue weighted by Crippen LogP contribution is 2.65. The Morgan fingerprint density at radius 3 is 2.37 bits per heavy atom. The van der Waals surface area contributed by atoms with Crippen molar-refractivity contribution >= 4 is 29.5 Å². The second kappa shape index (κ2) is 10.3. The smallest absolute Gasteiger partial charge is 0.247 e. The van der Waals surface area contributed by atoms with Crippen LogP contribution in [0.1, 0.15) is 59.8 Å². The van der Waals surface area contributed by atoms with Crippen LogP contribution in [0.2, 0.25) is 0 Å². The quantitative estimate of drug-likeness (QED) is 0.387. The van der Waals surface area contributed by atoms with E-state index in [1.807, 2.05) is 29.7 Å². The average molecular weight is 504 g/mol. The van der Waals surface area contributed by atoms with Gasteiger partial charge in [0, 0.05) is 43.6 Å². The number of nitrogens with zero attached hydrogens (tertiary/aromatic N) is 3. The molecule has 4 aliphatic rings. The number of rotatable bonds is 9. The molecule has 4 rings (SSSR count). The first kappa shape index (κ1) is 26.3. The number of carbonyl (C=O) groups is 3. The van der Waals surface area contributed by atoms with E-state index in [1.165, 1.54) is 0 Å². The van der Waals surface area contributed by atoms with Gasteiger partial charge in [0.25, 0.3) is 0 Å². The van der Waals surface area contributed by atoms with Crippen LogP contribution in [0.3, 0.4) is 0 Å². The molecule has 0 aromatic heterocycles. The van der Waals surface area contributed by atoms with Crippen LogP contribution in [-0.2, 0) is 14.4 Å². The third-order valence-corrected chi connectivity index (χ3v) is 9.89. The fourth-order valence-electron chi connectivity index (χ4n) is 6.51. The molecule has 1 N–H and O–H groups in total. The van der Waals surface area contributed by atoms with Gasteiger partial charge in [0.15, 0.2) is 0 Å². The number of amides is 3. The average Bonchev–Trinajstić information content (AvgIpc) is 3.07. The molecule has 1 spiro atoms. The van der Waals surface area contributed by atoms with Crippen molar-refractivity contribution in [1.82, 2.24) is 14.7 Å². The van der Waals surface area contributed by atoms with Gasteiger partial charge in [-0.15, -0.1) is 11.8 Å². The largest absolute Gasteiger partial charge is 0.396 e. The summed E-state index contributed by atoms with van der Waals surface area (Å²) >= 11 is 1.66. The summed E-state index contributed by atoms with van der Waals surface area (Å²) in [6.45, 7) is 10.6. The lowest BCUT2D eigenvalue weighted by Crippen LogP contribution is -2.54. The number of unbranched alkanes of at least 4 members (excludes halogenated alkanes) is 3. The molecule has 1 unspecified atom stereocenters. The molecule has 3 amide bonds. The molecule has 0 saturated carbocycles. The van der Waals surface area contributed by atoms with Crippen molar-refractivity contribution in [1.29, 1.82) is 0 Å². The maximum Gasteiger partial charge on any atom is 0.247 e. The maximum atomic E-state index is 14.2.